The van der Waals surface area contributed by atoms with Gasteiger partial charge in [0, 0.05) is 28.7 Å². The number of hydrogen-bond donors (Lipinski definition) is 0. The van der Waals surface area contributed by atoms with Gasteiger partial charge >= 0.3 is 0 Å². The van der Waals surface area contributed by atoms with E-state index in [0.29, 0.717) is 0 Å². The number of unbranched alkanes of at least 4 members (excludes halogenated alkanes) is 1. The van der Waals surface area contributed by atoms with Gasteiger partial charge in [-0.05, 0) is 30.5 Å². The zero-order valence-corrected chi connectivity index (χ0v) is 12.0. The second kappa shape index (κ2) is 5.40. The fourth-order valence-corrected chi connectivity index (χ4v) is 4.17. The molecule has 2 heteroatoms. The van der Waals surface area contributed by atoms with Gasteiger partial charge in [0.1, 0.15) is 0 Å². The third-order valence-electron chi connectivity index (χ3n) is 3.77. The summed E-state index contributed by atoms with van der Waals surface area (Å²) in [7, 11) is 0. The van der Waals surface area contributed by atoms with E-state index < -0.39 is 11.2 Å². The van der Waals surface area contributed by atoms with E-state index in [2.05, 4.69) is 25.1 Å². The lowest BCUT2D eigenvalue weighted by Gasteiger charge is -2.23. The zero-order valence-electron chi connectivity index (χ0n) is 11.2. The van der Waals surface area contributed by atoms with E-state index in [1.165, 1.54) is 29.5 Å². The van der Waals surface area contributed by atoms with Gasteiger partial charge in [0.25, 0.3) is 0 Å². The van der Waals surface area contributed by atoms with Crippen molar-refractivity contribution >= 4 is 11.2 Å². The summed E-state index contributed by atoms with van der Waals surface area (Å²) in [5.74, 6) is 0. The van der Waals surface area contributed by atoms with E-state index in [1.807, 2.05) is 24.3 Å². The first-order chi connectivity index (χ1) is 9.31. The number of rotatable bonds is 3. The van der Waals surface area contributed by atoms with Gasteiger partial charge in [0.2, 0.25) is 0 Å². The Hall–Kier alpha value is -1.25. The molecule has 1 nitrogen and oxygen atoms in total. The maximum Gasteiger partial charge on any atom is 0.162 e. The molecule has 98 valence electrons. The molecule has 1 atom stereocenters. The molecule has 0 radical (unpaired) electrons. The van der Waals surface area contributed by atoms with Gasteiger partial charge in [0.05, 0.1) is 0 Å². The maximum absolute atomic E-state index is 12.6. The topological polar surface area (TPSA) is 23.1 Å². The Kier molecular flexibility index (Phi) is 3.63. The third kappa shape index (κ3) is 2.31. The molecule has 0 aromatic heterocycles. The van der Waals surface area contributed by atoms with Crippen molar-refractivity contribution in [1.29, 1.82) is 0 Å². The van der Waals surface area contributed by atoms with Crippen LogP contribution in [0, 0.1) is 0 Å². The SMILES string of the molecule is CCCCc1cccc2c1Cc1ccccc1[S+]2[O-]. The minimum Gasteiger partial charge on any atom is -0.606 e. The fourth-order valence-electron chi connectivity index (χ4n) is 2.73. The van der Waals surface area contributed by atoms with Crippen LogP contribution in [0.25, 0.3) is 0 Å². The highest BCUT2D eigenvalue weighted by atomic mass is 32.2. The van der Waals surface area contributed by atoms with E-state index in [1.54, 1.807) is 0 Å². The van der Waals surface area contributed by atoms with Crippen LogP contribution >= 0.6 is 0 Å². The molecule has 2 aromatic rings. The van der Waals surface area contributed by atoms with E-state index in [4.69, 9.17) is 0 Å². The molecule has 2 aromatic carbocycles. The van der Waals surface area contributed by atoms with Gasteiger partial charge in [-0.25, -0.2) is 0 Å². The van der Waals surface area contributed by atoms with Crippen LogP contribution in [0.2, 0.25) is 0 Å². The Morgan fingerprint density at radius 1 is 1.05 bits per heavy atom. The van der Waals surface area contributed by atoms with Crippen molar-refractivity contribution in [2.24, 2.45) is 0 Å². The second-order valence-corrected chi connectivity index (χ2v) is 6.47. The highest BCUT2D eigenvalue weighted by molar-refractivity contribution is 7.91. The minimum absolute atomic E-state index is 0.928. The lowest BCUT2D eigenvalue weighted by atomic mass is 9.96. The monoisotopic (exact) mass is 270 g/mol. The van der Waals surface area contributed by atoms with Gasteiger partial charge in [-0.2, -0.15) is 0 Å². The van der Waals surface area contributed by atoms with Crippen LogP contribution in [-0.2, 0) is 24.0 Å². The van der Waals surface area contributed by atoms with Crippen molar-refractivity contribution in [2.75, 3.05) is 0 Å². The molecule has 0 amide bonds. The summed E-state index contributed by atoms with van der Waals surface area (Å²) in [6.07, 6.45) is 4.42. The number of hydrogen-bond acceptors (Lipinski definition) is 1. The highest BCUT2D eigenvalue weighted by Gasteiger charge is 2.29. The molecule has 0 saturated carbocycles. The van der Waals surface area contributed by atoms with Gasteiger partial charge < -0.3 is 4.55 Å². The smallest absolute Gasteiger partial charge is 0.162 e. The van der Waals surface area contributed by atoms with Crippen LogP contribution in [0.1, 0.15) is 36.5 Å². The first-order valence-electron chi connectivity index (χ1n) is 6.91. The van der Waals surface area contributed by atoms with Crippen molar-refractivity contribution < 1.29 is 4.55 Å². The van der Waals surface area contributed by atoms with Crippen LogP contribution in [-0.4, -0.2) is 4.55 Å². The van der Waals surface area contributed by atoms with Crippen molar-refractivity contribution in [3.8, 4) is 0 Å². The number of aryl methyl sites for hydroxylation is 1. The minimum atomic E-state index is -1.01. The predicted molar refractivity (Wildman–Crippen MR) is 79.0 cm³/mol. The molecule has 1 heterocycles. The maximum atomic E-state index is 12.6. The molecule has 1 unspecified atom stereocenters. The molecule has 0 bridgehead atoms. The normalized spacial score (nSPS) is 16.8. The molecule has 3 rings (SSSR count). The molecule has 0 N–H and O–H groups in total. The molecule has 0 aliphatic carbocycles. The van der Waals surface area contributed by atoms with Crippen LogP contribution in [0.3, 0.4) is 0 Å². The molecule has 0 spiro atoms. The average molecular weight is 270 g/mol. The summed E-state index contributed by atoms with van der Waals surface area (Å²) < 4.78 is 12.6. The van der Waals surface area contributed by atoms with Crippen molar-refractivity contribution in [3.05, 3.63) is 59.2 Å². The third-order valence-corrected chi connectivity index (χ3v) is 5.35. The Balaban J connectivity index is 2.04. The van der Waals surface area contributed by atoms with Crippen molar-refractivity contribution in [1.82, 2.24) is 0 Å². The largest absolute Gasteiger partial charge is 0.606 e. The van der Waals surface area contributed by atoms with Gasteiger partial charge in [-0.3, -0.25) is 0 Å². The summed E-state index contributed by atoms with van der Waals surface area (Å²) in [6.45, 7) is 2.21. The molecular weight excluding hydrogens is 252 g/mol. The van der Waals surface area contributed by atoms with Gasteiger partial charge in [-0.15, -0.1) is 0 Å². The summed E-state index contributed by atoms with van der Waals surface area (Å²) in [5.41, 5.74) is 3.90. The Morgan fingerprint density at radius 3 is 2.68 bits per heavy atom. The summed E-state index contributed by atoms with van der Waals surface area (Å²) in [5, 5.41) is 0. The molecular formula is C17H18OS. The van der Waals surface area contributed by atoms with E-state index in [9.17, 15) is 4.55 Å². The first kappa shape index (κ1) is 12.8. The molecule has 1 aliphatic rings. The standard InChI is InChI=1S/C17H18OS/c1-2-3-7-13-9-6-11-17-15(13)12-14-8-4-5-10-16(14)19(17)18/h4-6,8-11H,2-3,7,12H2,1H3. The van der Waals surface area contributed by atoms with Gasteiger partial charge in [0.15, 0.2) is 9.79 Å². The molecule has 0 saturated heterocycles. The lowest BCUT2D eigenvalue weighted by molar-refractivity contribution is 0.590. The number of benzene rings is 2. The lowest BCUT2D eigenvalue weighted by Crippen LogP contribution is -2.16. The Bertz CT molecular complexity index is 592. The van der Waals surface area contributed by atoms with Gasteiger partial charge in [-0.1, -0.05) is 43.7 Å². The quantitative estimate of drug-likeness (QED) is 0.770. The molecule has 0 fully saturated rings. The van der Waals surface area contributed by atoms with Crippen LogP contribution in [0.4, 0.5) is 0 Å². The van der Waals surface area contributed by atoms with E-state index in [0.717, 1.165) is 22.6 Å². The molecule has 1 aliphatic heterocycles. The summed E-state index contributed by atoms with van der Waals surface area (Å²) >= 11 is -1.01. The van der Waals surface area contributed by atoms with Crippen molar-refractivity contribution in [3.63, 3.8) is 0 Å². The van der Waals surface area contributed by atoms with Crippen LogP contribution in [0.15, 0.2) is 52.3 Å². The zero-order chi connectivity index (χ0) is 13.2. The van der Waals surface area contributed by atoms with Crippen LogP contribution < -0.4 is 0 Å². The fraction of sp³-hybridized carbons (Fsp3) is 0.294. The highest BCUT2D eigenvalue weighted by Crippen LogP contribution is 2.36. The Morgan fingerprint density at radius 2 is 1.84 bits per heavy atom. The Labute approximate surface area is 117 Å². The first-order valence-corrected chi connectivity index (χ1v) is 8.06. The summed E-state index contributed by atoms with van der Waals surface area (Å²) in [4.78, 5) is 2.01. The number of fused-ring (bicyclic) bond motifs is 2. The van der Waals surface area contributed by atoms with E-state index >= 15 is 0 Å². The average Bonchev–Trinajstić information content (AvgIpc) is 2.46. The van der Waals surface area contributed by atoms with E-state index in [-0.39, 0.29) is 0 Å². The predicted octanol–water partition coefficient (Wildman–Crippen LogP) is 4.10. The second-order valence-electron chi connectivity index (χ2n) is 5.05. The van der Waals surface area contributed by atoms with Crippen LogP contribution in [0.5, 0.6) is 0 Å². The summed E-state index contributed by atoms with van der Waals surface area (Å²) in [6, 6.07) is 14.4. The van der Waals surface area contributed by atoms with Crippen molar-refractivity contribution in [2.45, 2.75) is 42.4 Å². The molecule has 19 heavy (non-hydrogen) atoms.